The Morgan fingerprint density at radius 3 is 2.25 bits per heavy atom. The predicted molar refractivity (Wildman–Crippen MR) is 83.5 cm³/mol. The minimum absolute atomic E-state index is 0.0806. The first kappa shape index (κ1) is 20.2. The van der Waals surface area contributed by atoms with Crippen molar-refractivity contribution in [1.82, 2.24) is 15.0 Å². The third-order valence-corrected chi connectivity index (χ3v) is 4.14. The highest BCUT2D eigenvalue weighted by Gasteiger charge is 2.38. The summed E-state index contributed by atoms with van der Waals surface area (Å²) < 4.78 is 80.0. The molecule has 28 heavy (non-hydrogen) atoms. The van der Waals surface area contributed by atoms with E-state index in [2.05, 4.69) is 14.7 Å². The lowest BCUT2D eigenvalue weighted by atomic mass is 10.1. The third-order valence-electron chi connectivity index (χ3n) is 4.14. The summed E-state index contributed by atoms with van der Waals surface area (Å²) in [6.45, 7) is -1.62. The summed E-state index contributed by atoms with van der Waals surface area (Å²) in [7, 11) is 0. The number of halogens is 6. The van der Waals surface area contributed by atoms with E-state index < -0.39 is 30.7 Å². The fraction of sp³-hybridized carbons (Fsp3) is 0.471. The van der Waals surface area contributed by atoms with E-state index in [1.807, 2.05) is 0 Å². The molecule has 1 aliphatic rings. The first-order valence-electron chi connectivity index (χ1n) is 8.36. The van der Waals surface area contributed by atoms with Crippen LogP contribution in [0.25, 0.3) is 11.4 Å². The number of nitrogens with zero attached hydrogens (tertiary/aromatic N) is 3. The molecule has 0 spiro atoms. The Morgan fingerprint density at radius 1 is 1.11 bits per heavy atom. The number of amides is 1. The van der Waals surface area contributed by atoms with Crippen LogP contribution < -0.4 is 0 Å². The van der Waals surface area contributed by atoms with Crippen LogP contribution in [0.15, 0.2) is 28.8 Å². The summed E-state index contributed by atoms with van der Waals surface area (Å²) in [5.74, 6) is -2.21. The summed E-state index contributed by atoms with van der Waals surface area (Å²) in [5.41, 5.74) is 0.603. The van der Waals surface area contributed by atoms with Crippen LogP contribution in [-0.2, 0) is 17.5 Å². The molecule has 5 nitrogen and oxygen atoms in total. The summed E-state index contributed by atoms with van der Waals surface area (Å²) in [5, 5.41) is 3.24. The number of benzene rings is 1. The number of carbonyl (C=O) groups excluding carboxylic acids is 1. The number of hydrogen-bond donors (Lipinski definition) is 0. The van der Waals surface area contributed by atoms with Crippen molar-refractivity contribution in [3.63, 3.8) is 0 Å². The number of carbonyl (C=O) groups is 1. The molecule has 0 bridgehead atoms. The molecule has 1 amide bonds. The van der Waals surface area contributed by atoms with E-state index in [1.54, 1.807) is 0 Å². The molecular weight excluding hydrogens is 392 g/mol. The lowest BCUT2D eigenvalue weighted by Crippen LogP contribution is -2.38. The van der Waals surface area contributed by atoms with E-state index in [0.29, 0.717) is 5.56 Å². The first-order chi connectivity index (χ1) is 13.0. The Balaban J connectivity index is 1.71. The second-order valence-corrected chi connectivity index (χ2v) is 6.63. The molecule has 1 saturated carbocycles. The van der Waals surface area contributed by atoms with Crippen molar-refractivity contribution < 1.29 is 35.7 Å². The van der Waals surface area contributed by atoms with Gasteiger partial charge in [0.05, 0.1) is 0 Å². The van der Waals surface area contributed by atoms with Gasteiger partial charge in [0.1, 0.15) is 6.54 Å². The Kier molecular flexibility index (Phi) is 5.35. The van der Waals surface area contributed by atoms with Crippen LogP contribution in [0.1, 0.15) is 30.7 Å². The van der Waals surface area contributed by atoms with Crippen molar-refractivity contribution in [3.05, 3.63) is 35.7 Å². The Labute approximate surface area is 155 Å². The maximum atomic E-state index is 12.8. The van der Waals surface area contributed by atoms with E-state index >= 15 is 0 Å². The third kappa shape index (κ3) is 5.46. The molecule has 1 aromatic carbocycles. The van der Waals surface area contributed by atoms with Crippen molar-refractivity contribution in [2.24, 2.45) is 5.92 Å². The van der Waals surface area contributed by atoms with E-state index in [1.165, 1.54) is 24.3 Å². The topological polar surface area (TPSA) is 59.2 Å². The average molecular weight is 407 g/mol. The number of rotatable bonds is 6. The molecule has 1 aliphatic carbocycles. The van der Waals surface area contributed by atoms with Crippen LogP contribution in [0.5, 0.6) is 0 Å². The molecule has 0 atom stereocenters. The Hall–Kier alpha value is -2.59. The molecule has 11 heteroatoms. The first-order valence-corrected chi connectivity index (χ1v) is 8.36. The summed E-state index contributed by atoms with van der Waals surface area (Å²) in [6, 6.07) is 5.54. The van der Waals surface area contributed by atoms with Crippen LogP contribution in [0, 0.1) is 5.92 Å². The van der Waals surface area contributed by atoms with Crippen molar-refractivity contribution in [2.75, 3.05) is 6.54 Å². The highest BCUT2D eigenvalue weighted by molar-refractivity contribution is 5.76. The van der Waals surface area contributed by atoms with Crippen molar-refractivity contribution >= 4 is 5.91 Å². The highest BCUT2D eigenvalue weighted by atomic mass is 19.4. The van der Waals surface area contributed by atoms with Gasteiger partial charge in [0.2, 0.25) is 11.7 Å². The molecule has 1 heterocycles. The van der Waals surface area contributed by atoms with E-state index in [4.69, 9.17) is 0 Å². The highest BCUT2D eigenvalue weighted by Crippen LogP contribution is 2.34. The van der Waals surface area contributed by atoms with Gasteiger partial charge < -0.3 is 9.42 Å². The van der Waals surface area contributed by atoms with Crippen molar-refractivity contribution in [3.8, 4) is 11.4 Å². The molecular formula is C17H15F6N3O2. The molecule has 0 unspecified atom stereocenters. The molecule has 1 fully saturated rings. The zero-order valence-electron chi connectivity index (χ0n) is 14.3. The molecule has 0 aliphatic heterocycles. The molecule has 3 rings (SSSR count). The van der Waals surface area contributed by atoms with Crippen LogP contribution in [0.2, 0.25) is 0 Å². The van der Waals surface area contributed by atoms with Crippen molar-refractivity contribution in [2.45, 2.75) is 38.2 Å². The zero-order chi connectivity index (χ0) is 20.5. The predicted octanol–water partition coefficient (Wildman–Crippen LogP) is 4.45. The molecule has 0 radical (unpaired) electrons. The van der Waals surface area contributed by atoms with Gasteiger partial charge in [-0.05, 0) is 24.3 Å². The van der Waals surface area contributed by atoms with E-state index in [9.17, 15) is 31.1 Å². The average Bonchev–Trinajstić information content (AvgIpc) is 3.24. The fourth-order valence-corrected chi connectivity index (χ4v) is 2.58. The summed E-state index contributed by atoms with van der Waals surface area (Å²) in [6.07, 6.45) is -7.55. The number of aromatic nitrogens is 2. The van der Waals surface area contributed by atoms with Crippen LogP contribution >= 0.6 is 0 Å². The van der Waals surface area contributed by atoms with Gasteiger partial charge in [-0.1, -0.05) is 29.4 Å². The molecule has 2 aromatic rings. The van der Waals surface area contributed by atoms with Crippen LogP contribution in [0.4, 0.5) is 26.3 Å². The standard InChI is InChI=1S/C17H15F6N3O2/c18-16(19,20)9-26(13(27)7-10-1-2-10)8-11-3-5-12(6-4-11)14-24-15(28-25-14)17(21,22)23/h3-6,10H,1-2,7-9H2. The van der Waals surface area contributed by atoms with Gasteiger partial charge in [-0.3, -0.25) is 4.79 Å². The SMILES string of the molecule is O=C(CC1CC1)N(Cc1ccc(-c2noc(C(F)(F)F)n2)cc1)CC(F)(F)F. The Bertz CT molecular complexity index is 825. The van der Waals surface area contributed by atoms with Gasteiger partial charge in [0.25, 0.3) is 0 Å². The molecule has 0 saturated heterocycles. The minimum Gasteiger partial charge on any atom is -0.329 e. The van der Waals surface area contributed by atoms with E-state index in [-0.39, 0.29) is 30.3 Å². The maximum absolute atomic E-state index is 12.8. The van der Waals surface area contributed by atoms with E-state index in [0.717, 1.165) is 17.7 Å². The van der Waals surface area contributed by atoms with Gasteiger partial charge in [-0.25, -0.2) is 0 Å². The normalized spacial score (nSPS) is 14.9. The quantitative estimate of drug-likeness (QED) is 0.664. The second kappa shape index (κ2) is 7.44. The van der Waals surface area contributed by atoms with Gasteiger partial charge >= 0.3 is 18.2 Å². The molecule has 152 valence electrons. The van der Waals surface area contributed by atoms with Crippen molar-refractivity contribution in [1.29, 1.82) is 0 Å². The number of alkyl halides is 6. The lowest BCUT2D eigenvalue weighted by Gasteiger charge is -2.24. The largest absolute Gasteiger partial charge is 0.471 e. The summed E-state index contributed by atoms with van der Waals surface area (Å²) in [4.78, 5) is 16.1. The molecule has 0 N–H and O–H groups in total. The lowest BCUT2D eigenvalue weighted by molar-refractivity contribution is -0.162. The van der Waals surface area contributed by atoms with Gasteiger partial charge in [0.15, 0.2) is 0 Å². The van der Waals surface area contributed by atoms with Gasteiger partial charge in [-0.15, -0.1) is 0 Å². The number of hydrogen-bond acceptors (Lipinski definition) is 4. The van der Waals surface area contributed by atoms with Gasteiger partial charge in [-0.2, -0.15) is 31.3 Å². The minimum atomic E-state index is -4.77. The van der Waals surface area contributed by atoms with Crippen LogP contribution in [-0.4, -0.2) is 33.7 Å². The maximum Gasteiger partial charge on any atom is 0.471 e. The van der Waals surface area contributed by atoms with Gasteiger partial charge in [0, 0.05) is 18.5 Å². The zero-order valence-corrected chi connectivity index (χ0v) is 14.3. The Morgan fingerprint density at radius 2 is 1.75 bits per heavy atom. The van der Waals surface area contributed by atoms with Crippen LogP contribution in [0.3, 0.4) is 0 Å². The second-order valence-electron chi connectivity index (χ2n) is 6.63. The fourth-order valence-electron chi connectivity index (χ4n) is 2.58. The summed E-state index contributed by atoms with van der Waals surface area (Å²) >= 11 is 0. The monoisotopic (exact) mass is 407 g/mol. The molecule has 1 aromatic heterocycles. The smallest absolute Gasteiger partial charge is 0.329 e.